The molecular formula is C34H30N6O8. The summed E-state index contributed by atoms with van der Waals surface area (Å²) >= 11 is 0. The van der Waals surface area contributed by atoms with E-state index in [0.29, 0.717) is 16.8 Å². The quantitative estimate of drug-likeness (QED) is 0.121. The molecule has 5 rings (SSSR count). The van der Waals surface area contributed by atoms with Crippen LogP contribution in [0.3, 0.4) is 0 Å². The highest BCUT2D eigenvalue weighted by Gasteiger charge is 2.24. The highest BCUT2D eigenvalue weighted by atomic mass is 16.3. The molecule has 14 heteroatoms. The van der Waals surface area contributed by atoms with Crippen LogP contribution in [0.25, 0.3) is 0 Å². The Bertz CT molecular complexity index is 2250. The minimum Gasteiger partial charge on any atom is -0.505 e. The first-order valence-corrected chi connectivity index (χ1v) is 14.2. The molecule has 14 nitrogen and oxygen atoms in total. The molecule has 0 heterocycles. The van der Waals surface area contributed by atoms with E-state index in [-0.39, 0.29) is 57.0 Å². The second kappa shape index (κ2) is 13.7. The van der Waals surface area contributed by atoms with Gasteiger partial charge in [-0.05, 0) is 49.4 Å². The predicted molar refractivity (Wildman–Crippen MR) is 181 cm³/mol. The predicted octanol–water partition coefficient (Wildman–Crippen LogP) is 2.79. The van der Waals surface area contributed by atoms with Crippen LogP contribution in [-0.4, -0.2) is 60.0 Å². The monoisotopic (exact) mass is 650 g/mol. The maximum absolute atomic E-state index is 12.1. The Kier molecular flexibility index (Phi) is 9.75. The van der Waals surface area contributed by atoms with Crippen LogP contribution in [-0.2, 0) is 0 Å². The fourth-order valence-electron chi connectivity index (χ4n) is 4.48. The third-order valence-electron chi connectivity index (χ3n) is 7.18. The molecule has 0 saturated heterocycles. The molecule has 0 atom stereocenters. The summed E-state index contributed by atoms with van der Waals surface area (Å²) in [7, 11) is 6.25. The highest BCUT2D eigenvalue weighted by molar-refractivity contribution is 5.99. The summed E-state index contributed by atoms with van der Waals surface area (Å²) in [5.74, 6) is -1.34. The Balaban J connectivity index is 0.000000229. The molecule has 0 aliphatic carbocycles. The van der Waals surface area contributed by atoms with Crippen LogP contribution in [0.5, 0.6) is 11.5 Å². The number of para-hydroxylation sites is 2. The Morgan fingerprint density at radius 3 is 1.54 bits per heavy atom. The molecule has 48 heavy (non-hydrogen) atoms. The van der Waals surface area contributed by atoms with Gasteiger partial charge in [-0.2, -0.15) is 5.26 Å². The molecule has 0 spiro atoms. The van der Waals surface area contributed by atoms with Crippen LogP contribution in [0.4, 0.5) is 34.1 Å². The highest BCUT2D eigenvalue weighted by Crippen LogP contribution is 2.33. The molecule has 2 amide bonds. The number of rotatable bonds is 8. The summed E-state index contributed by atoms with van der Waals surface area (Å²) in [4.78, 5) is 73.2. The lowest BCUT2D eigenvalue weighted by Crippen LogP contribution is -2.36. The van der Waals surface area contributed by atoms with E-state index in [0.717, 1.165) is 0 Å². The first-order chi connectivity index (χ1) is 22.7. The van der Waals surface area contributed by atoms with Crippen LogP contribution in [0, 0.1) is 18.3 Å². The number of carbonyl (C=O) groups is 2. The number of nitrogens with zero attached hydrogens (tertiary/aromatic N) is 3. The van der Waals surface area contributed by atoms with Crippen molar-refractivity contribution in [2.75, 3.05) is 44.1 Å². The Labute approximate surface area is 273 Å². The number of hydrogen-bond donors (Lipinski definition) is 5. The van der Waals surface area contributed by atoms with Crippen molar-refractivity contribution in [3.8, 4) is 17.6 Å². The maximum Gasteiger partial charge on any atom is 0.257 e. The molecule has 0 bridgehead atoms. The Morgan fingerprint density at radius 1 is 0.646 bits per heavy atom. The van der Waals surface area contributed by atoms with E-state index in [1.807, 2.05) is 6.07 Å². The lowest BCUT2D eigenvalue weighted by Gasteiger charge is -2.17. The minimum atomic E-state index is -0.748. The van der Waals surface area contributed by atoms with Crippen molar-refractivity contribution < 1.29 is 19.8 Å². The third-order valence-corrected chi connectivity index (χ3v) is 7.18. The zero-order valence-electron chi connectivity index (χ0n) is 26.5. The number of carbonyl (C=O) groups excluding carboxylic acids is 2. The zero-order chi connectivity index (χ0) is 35.4. The number of hydrogen-bond acceptors (Lipinski definition) is 12. The molecule has 0 radical (unpaired) electrons. The van der Waals surface area contributed by atoms with E-state index in [1.54, 1.807) is 58.5 Å². The van der Waals surface area contributed by atoms with Crippen LogP contribution in [0.1, 0.15) is 31.8 Å². The van der Waals surface area contributed by atoms with Crippen LogP contribution in [0.2, 0.25) is 0 Å². The average Bonchev–Trinajstić information content (AvgIpc) is 3.08. The first-order valence-electron chi connectivity index (χ1n) is 14.2. The minimum absolute atomic E-state index is 0.0174. The number of phenolic OH excluding ortho intramolecular Hbond substituents is 2. The summed E-state index contributed by atoms with van der Waals surface area (Å²) in [6.45, 7) is 1.53. The van der Waals surface area contributed by atoms with Crippen molar-refractivity contribution in [3.05, 3.63) is 124 Å². The van der Waals surface area contributed by atoms with E-state index >= 15 is 0 Å². The maximum atomic E-state index is 12.1. The van der Waals surface area contributed by atoms with Gasteiger partial charge in [0.25, 0.3) is 22.7 Å². The molecule has 244 valence electrons. The Hall–Kier alpha value is -6.75. The SMILES string of the molecule is CN(C)C(=O)c1cccc(Nc2c(Nc3cccc(C#N)c3)c(=O)c2=O)c1O.Cc1c(Nc2cccc(C(=O)N(C)C)c2O)c(=O)c1=O. The van der Waals surface area contributed by atoms with Gasteiger partial charge in [0, 0.05) is 39.4 Å². The largest absolute Gasteiger partial charge is 0.505 e. The van der Waals surface area contributed by atoms with Gasteiger partial charge in [-0.1, -0.05) is 18.2 Å². The van der Waals surface area contributed by atoms with E-state index in [4.69, 9.17) is 5.26 Å². The molecule has 0 aliphatic rings. The van der Waals surface area contributed by atoms with Crippen molar-refractivity contribution in [2.45, 2.75) is 6.92 Å². The second-order valence-electron chi connectivity index (χ2n) is 10.9. The molecule has 0 aliphatic heterocycles. The normalized spacial score (nSPS) is 10.4. The summed E-state index contributed by atoms with van der Waals surface area (Å²) in [5.41, 5.74) is -0.783. The van der Waals surface area contributed by atoms with Gasteiger partial charge in [-0.15, -0.1) is 0 Å². The van der Waals surface area contributed by atoms with Gasteiger partial charge in [-0.3, -0.25) is 28.8 Å². The summed E-state index contributed by atoms with van der Waals surface area (Å²) in [6, 6.07) is 17.5. The Morgan fingerprint density at radius 2 is 1.08 bits per heavy atom. The smallest absolute Gasteiger partial charge is 0.257 e. The first kappa shape index (κ1) is 34.1. The van der Waals surface area contributed by atoms with Gasteiger partial charge in [0.1, 0.15) is 11.4 Å². The molecule has 0 saturated carbocycles. The molecule has 0 unspecified atom stereocenters. The summed E-state index contributed by atoms with van der Waals surface area (Å²) in [6.07, 6.45) is 0. The molecule has 5 aromatic carbocycles. The number of benzene rings is 3. The van der Waals surface area contributed by atoms with Gasteiger partial charge in [-0.25, -0.2) is 0 Å². The van der Waals surface area contributed by atoms with Crippen LogP contribution in [0.15, 0.2) is 79.8 Å². The van der Waals surface area contributed by atoms with Gasteiger partial charge in [0.2, 0.25) is 10.9 Å². The number of amides is 2. The van der Waals surface area contributed by atoms with E-state index in [1.165, 1.54) is 47.1 Å². The van der Waals surface area contributed by atoms with Gasteiger partial charge < -0.3 is 36.0 Å². The summed E-state index contributed by atoms with van der Waals surface area (Å²) < 4.78 is 0. The number of anilines is 6. The van der Waals surface area contributed by atoms with E-state index in [2.05, 4.69) is 16.0 Å². The van der Waals surface area contributed by atoms with Crippen molar-refractivity contribution in [3.63, 3.8) is 0 Å². The van der Waals surface area contributed by atoms with Gasteiger partial charge >= 0.3 is 0 Å². The number of phenols is 2. The topological polar surface area (TPSA) is 209 Å². The standard InChI is InChI=1S/C20H16N4O4.C14H14N2O4/c1-24(2)20(28)13-7-4-8-14(17(13)25)23-16-15(18(26)19(16)27)22-12-6-3-5-11(9-12)10-21;1-7-10(13(19)11(7)17)15-9-6-4-5-8(12(9)18)14(20)16(2)3/h3-9,22-23,25H,1-2H3;4-6,15,18H,1-3H3. The molecule has 5 aromatic rings. The van der Waals surface area contributed by atoms with Crippen LogP contribution < -0.4 is 37.7 Å². The van der Waals surface area contributed by atoms with Gasteiger partial charge in [0.15, 0.2) is 11.5 Å². The molecule has 0 aromatic heterocycles. The van der Waals surface area contributed by atoms with Crippen molar-refractivity contribution >= 4 is 45.9 Å². The lowest BCUT2D eigenvalue weighted by atomic mass is 10.1. The second-order valence-corrected chi connectivity index (χ2v) is 10.9. The lowest BCUT2D eigenvalue weighted by molar-refractivity contribution is 0.0817. The fraction of sp³-hybridized carbons (Fsp3) is 0.147. The number of nitriles is 1. The van der Waals surface area contributed by atoms with Crippen molar-refractivity contribution in [1.29, 1.82) is 5.26 Å². The van der Waals surface area contributed by atoms with Crippen molar-refractivity contribution in [1.82, 2.24) is 9.80 Å². The number of aromatic hydroxyl groups is 2. The van der Waals surface area contributed by atoms with Crippen LogP contribution >= 0.6 is 0 Å². The fourth-order valence-corrected chi connectivity index (χ4v) is 4.48. The van der Waals surface area contributed by atoms with Gasteiger partial charge in [0.05, 0.1) is 39.8 Å². The zero-order valence-corrected chi connectivity index (χ0v) is 26.5. The molecule has 0 fully saturated rings. The van der Waals surface area contributed by atoms with Crippen molar-refractivity contribution in [2.24, 2.45) is 0 Å². The molecular weight excluding hydrogens is 620 g/mol. The molecule has 5 N–H and O–H groups in total. The number of nitrogens with one attached hydrogen (secondary N) is 3. The van der Waals surface area contributed by atoms with E-state index < -0.39 is 27.6 Å². The summed E-state index contributed by atoms with van der Waals surface area (Å²) in [5, 5.41) is 37.7. The average molecular weight is 651 g/mol. The third kappa shape index (κ3) is 6.60. The van der Waals surface area contributed by atoms with E-state index in [9.17, 15) is 39.0 Å².